The average molecular weight is 529 g/mol. The molecule has 4 aliphatic carbocycles. The fourth-order valence-electron chi connectivity index (χ4n) is 6.41. The fraction of sp³-hybridized carbons (Fsp3) is 0.769. The number of aryl methyl sites for hydroxylation is 1. The Morgan fingerprint density at radius 3 is 2.19 bits per heavy atom. The smallest absolute Gasteiger partial charge is 0.433 e. The third-order valence-electron chi connectivity index (χ3n) is 8.95. The lowest BCUT2D eigenvalue weighted by atomic mass is 9.64. The number of alkyl halides is 3. The maximum atomic E-state index is 13.5. The second kappa shape index (κ2) is 8.88. The van der Waals surface area contributed by atoms with Crippen LogP contribution in [-0.2, 0) is 16.0 Å². The van der Waals surface area contributed by atoms with Crippen LogP contribution in [0.2, 0.25) is 0 Å². The maximum absolute atomic E-state index is 13.5. The van der Waals surface area contributed by atoms with Crippen LogP contribution >= 0.6 is 0 Å². The highest BCUT2D eigenvalue weighted by Gasteiger charge is 2.62. The van der Waals surface area contributed by atoms with Gasteiger partial charge in [-0.05, 0) is 93.6 Å². The van der Waals surface area contributed by atoms with Gasteiger partial charge in [0.05, 0.1) is 18.1 Å². The highest BCUT2D eigenvalue weighted by Crippen LogP contribution is 2.62. The van der Waals surface area contributed by atoms with E-state index in [4.69, 9.17) is 4.74 Å². The molecular weight excluding hydrogens is 493 g/mol. The van der Waals surface area contributed by atoms with E-state index in [1.54, 1.807) is 0 Å². The van der Waals surface area contributed by atoms with Crippen LogP contribution in [-0.4, -0.2) is 43.0 Å². The van der Waals surface area contributed by atoms with Crippen LogP contribution in [0.25, 0.3) is 0 Å². The molecule has 0 aliphatic heterocycles. The van der Waals surface area contributed by atoms with Crippen LogP contribution < -0.4 is 10.1 Å². The molecule has 0 unspecified atom stereocenters. The largest absolute Gasteiger partial charge is 0.480 e. The second-order valence-electron chi connectivity index (χ2n) is 11.6. The van der Waals surface area contributed by atoms with Gasteiger partial charge in [0.2, 0.25) is 5.88 Å². The van der Waals surface area contributed by atoms with Crippen LogP contribution in [0.15, 0.2) is 6.07 Å². The van der Waals surface area contributed by atoms with E-state index in [9.17, 15) is 26.4 Å². The predicted molar refractivity (Wildman–Crippen MR) is 129 cm³/mol. The van der Waals surface area contributed by atoms with Gasteiger partial charge in [-0.25, -0.2) is 13.4 Å². The molecule has 1 amide bonds. The molecule has 0 bridgehead atoms. The van der Waals surface area contributed by atoms with E-state index in [0.29, 0.717) is 30.4 Å². The summed E-state index contributed by atoms with van der Waals surface area (Å²) in [5, 5.41) is 2.90. The Morgan fingerprint density at radius 1 is 1.08 bits per heavy atom. The van der Waals surface area contributed by atoms with Gasteiger partial charge in [-0.2, -0.15) is 13.2 Å². The van der Waals surface area contributed by atoms with E-state index >= 15 is 0 Å². The summed E-state index contributed by atoms with van der Waals surface area (Å²) in [6.45, 7) is 1.46. The topological polar surface area (TPSA) is 85.4 Å². The van der Waals surface area contributed by atoms with Crippen molar-refractivity contribution in [2.24, 2.45) is 17.3 Å². The summed E-state index contributed by atoms with van der Waals surface area (Å²) in [7, 11) is -1.90. The number of carbonyl (C=O) groups excluding carboxylic acids is 1. The molecule has 0 radical (unpaired) electrons. The molecular formula is C26H35F3N2O4S. The van der Waals surface area contributed by atoms with Crippen molar-refractivity contribution in [1.29, 1.82) is 0 Å². The summed E-state index contributed by atoms with van der Waals surface area (Å²) in [6, 6.07) is 0.882. The molecule has 36 heavy (non-hydrogen) atoms. The first-order valence-electron chi connectivity index (χ1n) is 13.0. The van der Waals surface area contributed by atoms with Gasteiger partial charge in [0.15, 0.2) is 9.84 Å². The summed E-state index contributed by atoms with van der Waals surface area (Å²) in [4.78, 5) is 17.1. The third-order valence-corrected chi connectivity index (χ3v) is 11.4. The Labute approximate surface area is 210 Å². The molecule has 4 saturated carbocycles. The first-order chi connectivity index (χ1) is 16.9. The number of pyridine rings is 1. The van der Waals surface area contributed by atoms with Gasteiger partial charge in [-0.3, -0.25) is 4.79 Å². The number of hydrogen-bond donors (Lipinski definition) is 1. The summed E-state index contributed by atoms with van der Waals surface area (Å²) < 4.78 is 70.7. The number of amides is 1. The highest BCUT2D eigenvalue weighted by atomic mass is 32.2. The molecule has 0 saturated heterocycles. The van der Waals surface area contributed by atoms with E-state index in [1.165, 1.54) is 14.0 Å². The highest BCUT2D eigenvalue weighted by molar-refractivity contribution is 7.92. The summed E-state index contributed by atoms with van der Waals surface area (Å²) >= 11 is 0. The quantitative estimate of drug-likeness (QED) is 0.474. The number of hydrogen-bond acceptors (Lipinski definition) is 5. The van der Waals surface area contributed by atoms with E-state index in [-0.39, 0.29) is 27.7 Å². The lowest BCUT2D eigenvalue weighted by Crippen LogP contribution is -2.53. The first-order valence-corrected chi connectivity index (χ1v) is 14.8. The zero-order chi connectivity index (χ0) is 25.9. The molecule has 0 aromatic carbocycles. The van der Waals surface area contributed by atoms with Crippen molar-refractivity contribution in [3.8, 4) is 5.88 Å². The van der Waals surface area contributed by atoms with Gasteiger partial charge in [0, 0.05) is 5.54 Å². The standard InChI is InChI=1S/C26H35F3N2O4S/c1-16-13-20(26(27,28)29)30-23(35-2)21(16)22(32)31-25(11-12-25)24(14-17-3-4-17)9-7-19(8-10-24)36(33,34)15-18-5-6-18/h13,17-19H,3-12,14-15H2,1-2H3,(H,31,32)/t19-,24+. The summed E-state index contributed by atoms with van der Waals surface area (Å²) in [5.41, 5.74) is -1.55. The Morgan fingerprint density at radius 2 is 1.69 bits per heavy atom. The second-order valence-corrected chi connectivity index (χ2v) is 14.0. The number of carbonyl (C=O) groups is 1. The Kier molecular flexibility index (Phi) is 6.36. The molecule has 1 aromatic heterocycles. The van der Waals surface area contributed by atoms with Gasteiger partial charge in [-0.15, -0.1) is 0 Å². The third kappa shape index (κ3) is 4.98. The van der Waals surface area contributed by atoms with E-state index in [1.807, 2.05) is 0 Å². The molecule has 1 aromatic rings. The normalized spacial score (nSPS) is 28.0. The van der Waals surface area contributed by atoms with Gasteiger partial charge in [0.25, 0.3) is 5.91 Å². The van der Waals surface area contributed by atoms with Crippen LogP contribution in [0.1, 0.15) is 92.2 Å². The number of ether oxygens (including phenoxy) is 1. The Bertz CT molecular complexity index is 1130. The molecule has 0 spiro atoms. The first kappa shape index (κ1) is 25.8. The summed E-state index contributed by atoms with van der Waals surface area (Å²) in [6.07, 6.45) is 4.97. The molecule has 0 atom stereocenters. The Hall–Kier alpha value is -1.84. The average Bonchev–Trinajstić information content (AvgIpc) is 3.63. The minimum atomic E-state index is -4.64. The van der Waals surface area contributed by atoms with Crippen molar-refractivity contribution in [1.82, 2.24) is 10.3 Å². The number of nitrogens with zero attached hydrogens (tertiary/aromatic N) is 1. The minimum Gasteiger partial charge on any atom is -0.480 e. The van der Waals surface area contributed by atoms with Crippen molar-refractivity contribution >= 4 is 15.7 Å². The number of nitrogens with one attached hydrogen (secondary N) is 1. The number of sulfone groups is 1. The molecule has 200 valence electrons. The SMILES string of the molecule is COc1nc(C(F)(F)F)cc(C)c1C(=O)NC1([C@]2(CC3CC3)CC[C@H](S(=O)(=O)CC3CC3)CC2)CC1. The van der Waals surface area contributed by atoms with E-state index < -0.39 is 33.2 Å². The molecule has 10 heteroatoms. The molecule has 1 N–H and O–H groups in total. The van der Waals surface area contributed by atoms with Crippen molar-refractivity contribution in [2.45, 2.75) is 94.5 Å². The van der Waals surface area contributed by atoms with Gasteiger partial charge < -0.3 is 10.1 Å². The lowest BCUT2D eigenvalue weighted by Gasteiger charge is -2.47. The van der Waals surface area contributed by atoms with Crippen molar-refractivity contribution in [3.63, 3.8) is 0 Å². The van der Waals surface area contributed by atoms with Crippen LogP contribution in [0, 0.1) is 24.2 Å². The molecule has 4 aliphatic rings. The monoisotopic (exact) mass is 528 g/mol. The van der Waals surface area contributed by atoms with Gasteiger partial charge >= 0.3 is 6.18 Å². The molecule has 5 rings (SSSR count). The summed E-state index contributed by atoms with van der Waals surface area (Å²) in [5.74, 6) is 0.430. The van der Waals surface area contributed by atoms with Crippen LogP contribution in [0.4, 0.5) is 13.2 Å². The lowest BCUT2D eigenvalue weighted by molar-refractivity contribution is -0.141. The predicted octanol–water partition coefficient (Wildman–Crippen LogP) is 5.23. The minimum absolute atomic E-state index is 0.0269. The number of aromatic nitrogens is 1. The molecule has 4 fully saturated rings. The number of methoxy groups -OCH3 is 1. The maximum Gasteiger partial charge on any atom is 0.433 e. The van der Waals surface area contributed by atoms with Crippen molar-refractivity contribution in [2.75, 3.05) is 12.9 Å². The van der Waals surface area contributed by atoms with Gasteiger partial charge in [-0.1, -0.05) is 12.8 Å². The zero-order valence-corrected chi connectivity index (χ0v) is 21.7. The van der Waals surface area contributed by atoms with Gasteiger partial charge in [0.1, 0.15) is 11.3 Å². The number of halogens is 3. The van der Waals surface area contributed by atoms with Crippen LogP contribution in [0.5, 0.6) is 5.88 Å². The number of rotatable bonds is 9. The Balaban J connectivity index is 1.37. The molecule has 1 heterocycles. The zero-order valence-electron chi connectivity index (χ0n) is 20.9. The van der Waals surface area contributed by atoms with Crippen molar-refractivity contribution in [3.05, 3.63) is 22.9 Å². The van der Waals surface area contributed by atoms with Crippen LogP contribution in [0.3, 0.4) is 0 Å². The van der Waals surface area contributed by atoms with E-state index in [0.717, 1.165) is 63.9 Å². The fourth-order valence-corrected chi connectivity index (χ4v) is 8.63. The molecule has 6 nitrogen and oxygen atoms in total. The van der Waals surface area contributed by atoms with E-state index in [2.05, 4.69) is 10.3 Å². The van der Waals surface area contributed by atoms with Crippen molar-refractivity contribution < 1.29 is 31.1 Å².